The highest BCUT2D eigenvalue weighted by atomic mass is 16.5. The first kappa shape index (κ1) is 15.4. The number of benzene rings is 1. The van der Waals surface area contributed by atoms with Crippen molar-refractivity contribution in [2.45, 2.75) is 51.2 Å². The van der Waals surface area contributed by atoms with E-state index < -0.39 is 0 Å². The number of fused-ring (bicyclic) bond motifs is 7. The van der Waals surface area contributed by atoms with Crippen LogP contribution < -0.4 is 0 Å². The van der Waals surface area contributed by atoms with Crippen LogP contribution in [-0.4, -0.2) is 35.0 Å². The molecule has 0 spiro atoms. The summed E-state index contributed by atoms with van der Waals surface area (Å²) in [6, 6.07) is 9.04. The van der Waals surface area contributed by atoms with Gasteiger partial charge in [0.05, 0.1) is 6.04 Å². The quantitative estimate of drug-likeness (QED) is 0.804. The van der Waals surface area contributed by atoms with Gasteiger partial charge in [0.2, 0.25) is 0 Å². The van der Waals surface area contributed by atoms with Crippen molar-refractivity contribution >= 4 is 16.9 Å². The van der Waals surface area contributed by atoms with Crippen molar-refractivity contribution in [2.75, 3.05) is 13.1 Å². The van der Waals surface area contributed by atoms with Gasteiger partial charge in [0.25, 0.3) is 0 Å². The molecule has 0 bridgehead atoms. The Kier molecular flexibility index (Phi) is 3.63. The van der Waals surface area contributed by atoms with Crippen molar-refractivity contribution in [3.05, 3.63) is 35.5 Å². The van der Waals surface area contributed by atoms with Gasteiger partial charge in [0, 0.05) is 36.0 Å². The number of aromatic nitrogens is 1. The van der Waals surface area contributed by atoms with Gasteiger partial charge in [-0.25, -0.2) is 0 Å². The molecule has 1 N–H and O–H groups in total. The van der Waals surface area contributed by atoms with E-state index in [2.05, 4.69) is 34.1 Å². The molecular formula is C21H26N2O2. The molecule has 4 heteroatoms. The van der Waals surface area contributed by atoms with E-state index in [1.54, 1.807) is 6.92 Å². The highest BCUT2D eigenvalue weighted by Crippen LogP contribution is 2.50. The summed E-state index contributed by atoms with van der Waals surface area (Å²) in [5.41, 5.74) is 4.13. The summed E-state index contributed by atoms with van der Waals surface area (Å²) < 4.78 is 5.82. The van der Waals surface area contributed by atoms with Crippen LogP contribution >= 0.6 is 0 Å². The Morgan fingerprint density at radius 3 is 2.96 bits per heavy atom. The molecule has 4 atom stereocenters. The standard InChI is InChI=1S/C21H26N2O2/c1-13(24)25-18-8-4-5-14-9-11-23-12-10-16-15-6-2-3-7-17(15)22-20(16)21(23)19(14)18/h2-3,6-7,14,18-19,21-22H,4-5,8-12H2,1H3/t14-,18+,19-,21+/m0/s1. The Bertz CT molecular complexity index is 811. The lowest BCUT2D eigenvalue weighted by Gasteiger charge is -2.51. The van der Waals surface area contributed by atoms with Crippen LogP contribution in [0.4, 0.5) is 0 Å². The van der Waals surface area contributed by atoms with Gasteiger partial charge in [-0.05, 0) is 56.2 Å². The first-order chi connectivity index (χ1) is 12.2. The van der Waals surface area contributed by atoms with Crippen molar-refractivity contribution in [1.82, 2.24) is 9.88 Å². The van der Waals surface area contributed by atoms with Crippen LogP contribution in [0, 0.1) is 11.8 Å². The molecular weight excluding hydrogens is 312 g/mol. The van der Waals surface area contributed by atoms with Crippen LogP contribution in [-0.2, 0) is 16.0 Å². The number of nitrogens with zero attached hydrogens (tertiary/aromatic N) is 1. The number of rotatable bonds is 1. The van der Waals surface area contributed by atoms with Crippen LogP contribution in [0.2, 0.25) is 0 Å². The van der Waals surface area contributed by atoms with Crippen molar-refractivity contribution in [3.8, 4) is 0 Å². The second-order valence-corrected chi connectivity index (χ2v) is 8.00. The normalized spacial score (nSPS) is 31.9. The monoisotopic (exact) mass is 338 g/mol. The molecule has 0 radical (unpaired) electrons. The van der Waals surface area contributed by atoms with E-state index >= 15 is 0 Å². The van der Waals surface area contributed by atoms with E-state index in [0.717, 1.165) is 19.4 Å². The van der Waals surface area contributed by atoms with Crippen molar-refractivity contribution in [2.24, 2.45) is 11.8 Å². The minimum absolute atomic E-state index is 0.0708. The number of nitrogens with one attached hydrogen (secondary N) is 1. The number of para-hydroxylation sites is 1. The van der Waals surface area contributed by atoms with Gasteiger partial charge in [0.1, 0.15) is 6.10 Å². The molecule has 2 aliphatic heterocycles. The van der Waals surface area contributed by atoms with Crippen LogP contribution in [0.25, 0.3) is 10.9 Å². The van der Waals surface area contributed by atoms with Crippen molar-refractivity contribution < 1.29 is 9.53 Å². The van der Waals surface area contributed by atoms with Gasteiger partial charge in [-0.1, -0.05) is 18.2 Å². The summed E-state index contributed by atoms with van der Waals surface area (Å²) in [5, 5.41) is 1.37. The molecule has 0 unspecified atom stereocenters. The maximum Gasteiger partial charge on any atom is 0.302 e. The lowest BCUT2D eigenvalue weighted by Crippen LogP contribution is -2.52. The van der Waals surface area contributed by atoms with E-state index in [1.807, 2.05) is 0 Å². The Morgan fingerprint density at radius 2 is 2.08 bits per heavy atom. The van der Waals surface area contributed by atoms with E-state index in [4.69, 9.17) is 4.74 Å². The SMILES string of the molecule is CC(=O)O[C@@H]1CCC[C@H]2CCN3CCc4c([nH]c5ccccc45)[C@H]3[C@@H]21. The first-order valence-electron chi connectivity index (χ1n) is 9.73. The number of piperidine rings is 1. The average molecular weight is 338 g/mol. The molecule has 1 saturated carbocycles. The number of esters is 1. The van der Waals surface area contributed by atoms with Crippen LogP contribution in [0.5, 0.6) is 0 Å². The molecule has 132 valence electrons. The van der Waals surface area contributed by atoms with Gasteiger partial charge < -0.3 is 9.72 Å². The molecule has 3 aliphatic rings. The van der Waals surface area contributed by atoms with E-state index in [0.29, 0.717) is 17.9 Å². The third-order valence-corrected chi connectivity index (χ3v) is 6.69. The molecule has 1 aromatic carbocycles. The highest BCUT2D eigenvalue weighted by Gasteiger charge is 2.48. The number of carbonyl (C=O) groups is 1. The predicted octanol–water partition coefficient (Wildman–Crippen LogP) is 3.82. The third-order valence-electron chi connectivity index (χ3n) is 6.69. The fourth-order valence-electron chi connectivity index (χ4n) is 5.76. The number of hydrogen-bond acceptors (Lipinski definition) is 3. The zero-order valence-corrected chi connectivity index (χ0v) is 14.8. The third kappa shape index (κ3) is 2.42. The maximum atomic E-state index is 11.7. The molecule has 0 amide bonds. The van der Waals surface area contributed by atoms with Gasteiger partial charge >= 0.3 is 5.97 Å². The Labute approximate surface area is 148 Å². The van der Waals surface area contributed by atoms with Gasteiger partial charge in [-0.2, -0.15) is 0 Å². The second-order valence-electron chi connectivity index (χ2n) is 8.00. The van der Waals surface area contributed by atoms with E-state index in [1.165, 1.54) is 48.0 Å². The summed E-state index contributed by atoms with van der Waals surface area (Å²) in [5.74, 6) is 0.977. The fraction of sp³-hybridized carbons (Fsp3) is 0.571. The van der Waals surface area contributed by atoms with Crippen molar-refractivity contribution in [3.63, 3.8) is 0 Å². The van der Waals surface area contributed by atoms with Crippen molar-refractivity contribution in [1.29, 1.82) is 0 Å². The summed E-state index contributed by atoms with van der Waals surface area (Å²) in [6.45, 7) is 3.85. The number of H-pyrrole nitrogens is 1. The molecule has 1 saturated heterocycles. The molecule has 1 aromatic heterocycles. The molecule has 25 heavy (non-hydrogen) atoms. The number of ether oxygens (including phenoxy) is 1. The van der Waals surface area contributed by atoms with Crippen LogP contribution in [0.1, 0.15) is 49.9 Å². The molecule has 2 fully saturated rings. The maximum absolute atomic E-state index is 11.7. The largest absolute Gasteiger partial charge is 0.462 e. The zero-order valence-electron chi connectivity index (χ0n) is 14.8. The highest BCUT2D eigenvalue weighted by molar-refractivity contribution is 5.85. The molecule has 4 nitrogen and oxygen atoms in total. The smallest absolute Gasteiger partial charge is 0.302 e. The molecule has 1 aliphatic carbocycles. The van der Waals surface area contributed by atoms with E-state index in [-0.39, 0.29) is 12.1 Å². The Morgan fingerprint density at radius 1 is 1.20 bits per heavy atom. The zero-order chi connectivity index (χ0) is 17.0. The summed E-state index contributed by atoms with van der Waals surface area (Å²) >= 11 is 0. The van der Waals surface area contributed by atoms with Gasteiger partial charge in [-0.3, -0.25) is 9.69 Å². The fourth-order valence-corrected chi connectivity index (χ4v) is 5.76. The molecule has 2 aromatic rings. The topological polar surface area (TPSA) is 45.3 Å². The lowest BCUT2D eigenvalue weighted by atomic mass is 9.67. The lowest BCUT2D eigenvalue weighted by molar-refractivity contribution is -0.158. The number of carbonyl (C=O) groups excluding carboxylic acids is 1. The molecule has 5 rings (SSSR count). The minimum Gasteiger partial charge on any atom is -0.462 e. The average Bonchev–Trinajstić information content (AvgIpc) is 3.00. The summed E-state index contributed by atoms with van der Waals surface area (Å²) in [6.07, 6.45) is 5.91. The summed E-state index contributed by atoms with van der Waals surface area (Å²) in [7, 11) is 0. The van der Waals surface area contributed by atoms with Gasteiger partial charge in [0.15, 0.2) is 0 Å². The van der Waals surface area contributed by atoms with Gasteiger partial charge in [-0.15, -0.1) is 0 Å². The Balaban J connectivity index is 1.61. The first-order valence-corrected chi connectivity index (χ1v) is 9.73. The van der Waals surface area contributed by atoms with Crippen LogP contribution in [0.15, 0.2) is 24.3 Å². The van der Waals surface area contributed by atoms with Crippen LogP contribution in [0.3, 0.4) is 0 Å². The predicted molar refractivity (Wildman–Crippen MR) is 97.3 cm³/mol. The Hall–Kier alpha value is -1.81. The molecule has 3 heterocycles. The minimum atomic E-state index is -0.129. The van der Waals surface area contributed by atoms with E-state index in [9.17, 15) is 4.79 Å². The summed E-state index contributed by atoms with van der Waals surface area (Å²) in [4.78, 5) is 18.1. The second kappa shape index (κ2) is 5.87. The number of aromatic amines is 1. The number of hydrogen-bond donors (Lipinski definition) is 1.